The van der Waals surface area contributed by atoms with Gasteiger partial charge in [0.1, 0.15) is 0 Å². The van der Waals surface area contributed by atoms with Crippen molar-refractivity contribution in [1.82, 2.24) is 0 Å². The van der Waals surface area contributed by atoms with Gasteiger partial charge in [-0.25, -0.2) is 0 Å². The minimum Gasteiger partial charge on any atom is -0.380 e. The quantitative estimate of drug-likeness (QED) is 0.827. The van der Waals surface area contributed by atoms with Crippen LogP contribution in [0.4, 0.5) is 18.9 Å². The Balaban J connectivity index is 2.10. The van der Waals surface area contributed by atoms with Crippen molar-refractivity contribution >= 4 is 21.6 Å². The van der Waals surface area contributed by atoms with Gasteiger partial charge in [-0.15, -0.1) is 0 Å². The number of halogens is 4. The summed E-state index contributed by atoms with van der Waals surface area (Å²) in [5.74, 6) is 0. The van der Waals surface area contributed by atoms with Crippen molar-refractivity contribution < 1.29 is 13.2 Å². The Labute approximate surface area is 117 Å². The smallest absolute Gasteiger partial charge is 0.380 e. The van der Waals surface area contributed by atoms with E-state index in [9.17, 15) is 13.2 Å². The van der Waals surface area contributed by atoms with Gasteiger partial charge in [-0.3, -0.25) is 0 Å². The summed E-state index contributed by atoms with van der Waals surface area (Å²) in [6, 6.07) is 13.2. The molecule has 0 saturated carbocycles. The molecule has 0 amide bonds. The van der Waals surface area contributed by atoms with Crippen LogP contribution in [0.3, 0.4) is 0 Å². The summed E-state index contributed by atoms with van der Waals surface area (Å²) in [7, 11) is 0. The van der Waals surface area contributed by atoms with Gasteiger partial charge in [0, 0.05) is 16.7 Å². The van der Waals surface area contributed by atoms with Crippen molar-refractivity contribution in [3.05, 3.63) is 64.1 Å². The molecular weight excluding hydrogens is 319 g/mol. The zero-order valence-corrected chi connectivity index (χ0v) is 11.4. The van der Waals surface area contributed by atoms with Crippen LogP contribution >= 0.6 is 15.9 Å². The lowest BCUT2D eigenvalue weighted by Crippen LogP contribution is -2.06. The van der Waals surface area contributed by atoms with Gasteiger partial charge in [-0.2, -0.15) is 13.2 Å². The van der Waals surface area contributed by atoms with E-state index in [4.69, 9.17) is 0 Å². The van der Waals surface area contributed by atoms with Gasteiger partial charge in [0.2, 0.25) is 0 Å². The monoisotopic (exact) mass is 329 g/mol. The van der Waals surface area contributed by atoms with Crippen molar-refractivity contribution in [2.75, 3.05) is 5.32 Å². The highest BCUT2D eigenvalue weighted by atomic mass is 79.9. The molecule has 0 aliphatic heterocycles. The average Bonchev–Trinajstić information content (AvgIpc) is 2.37. The SMILES string of the molecule is FC(F)(F)c1ccc(NCc2ccccc2)c(Br)c1. The van der Waals surface area contributed by atoms with Crippen molar-refractivity contribution in [1.29, 1.82) is 0 Å². The third kappa shape index (κ3) is 3.73. The maximum atomic E-state index is 12.5. The average molecular weight is 330 g/mol. The van der Waals surface area contributed by atoms with E-state index >= 15 is 0 Å². The Bertz CT molecular complexity index is 552. The first-order valence-electron chi connectivity index (χ1n) is 5.61. The maximum Gasteiger partial charge on any atom is 0.416 e. The largest absolute Gasteiger partial charge is 0.416 e. The van der Waals surface area contributed by atoms with Gasteiger partial charge < -0.3 is 5.32 Å². The highest BCUT2D eigenvalue weighted by molar-refractivity contribution is 9.10. The molecule has 0 atom stereocenters. The molecule has 2 aromatic rings. The van der Waals surface area contributed by atoms with Crippen LogP contribution < -0.4 is 5.32 Å². The lowest BCUT2D eigenvalue weighted by molar-refractivity contribution is -0.137. The number of hydrogen-bond acceptors (Lipinski definition) is 1. The molecule has 0 unspecified atom stereocenters. The maximum absolute atomic E-state index is 12.5. The first kappa shape index (κ1) is 13.9. The Morgan fingerprint density at radius 1 is 1.00 bits per heavy atom. The Morgan fingerprint density at radius 3 is 2.26 bits per heavy atom. The second-order valence-electron chi connectivity index (χ2n) is 4.03. The van der Waals surface area contributed by atoms with Crippen LogP contribution in [0.1, 0.15) is 11.1 Å². The summed E-state index contributed by atoms with van der Waals surface area (Å²) in [4.78, 5) is 0. The molecule has 19 heavy (non-hydrogen) atoms. The summed E-state index contributed by atoms with van der Waals surface area (Å²) in [5, 5.41) is 3.09. The number of nitrogens with one attached hydrogen (secondary N) is 1. The first-order valence-corrected chi connectivity index (χ1v) is 6.40. The van der Waals surface area contributed by atoms with E-state index in [2.05, 4.69) is 21.2 Å². The fraction of sp³-hybridized carbons (Fsp3) is 0.143. The molecule has 0 radical (unpaired) electrons. The molecule has 0 fully saturated rings. The number of rotatable bonds is 3. The van der Waals surface area contributed by atoms with E-state index in [1.54, 1.807) is 0 Å². The molecule has 1 nitrogen and oxygen atoms in total. The summed E-state index contributed by atoms with van der Waals surface area (Å²) in [5.41, 5.74) is 1.04. The summed E-state index contributed by atoms with van der Waals surface area (Å²) in [6.07, 6.45) is -4.32. The fourth-order valence-corrected chi connectivity index (χ4v) is 2.15. The minimum atomic E-state index is -4.32. The molecule has 0 aliphatic carbocycles. The van der Waals surface area contributed by atoms with E-state index < -0.39 is 11.7 Å². The van der Waals surface area contributed by atoms with Crippen LogP contribution in [0, 0.1) is 0 Å². The van der Waals surface area contributed by atoms with Gasteiger partial charge in [0.15, 0.2) is 0 Å². The van der Waals surface area contributed by atoms with Crippen LogP contribution in [0.25, 0.3) is 0 Å². The van der Waals surface area contributed by atoms with Gasteiger partial charge in [-0.1, -0.05) is 30.3 Å². The molecule has 0 aromatic heterocycles. The Kier molecular flexibility index (Phi) is 4.14. The first-order chi connectivity index (χ1) is 8.97. The molecule has 0 saturated heterocycles. The predicted octanol–water partition coefficient (Wildman–Crippen LogP) is 5.08. The van der Waals surface area contributed by atoms with Gasteiger partial charge in [0.25, 0.3) is 0 Å². The summed E-state index contributed by atoms with van der Waals surface area (Å²) in [6.45, 7) is 0.560. The minimum absolute atomic E-state index is 0.401. The van der Waals surface area contributed by atoms with Crippen molar-refractivity contribution in [2.45, 2.75) is 12.7 Å². The van der Waals surface area contributed by atoms with Crippen LogP contribution in [0.15, 0.2) is 53.0 Å². The Hall–Kier alpha value is -1.49. The second kappa shape index (κ2) is 5.65. The molecule has 2 rings (SSSR count). The van der Waals surface area contributed by atoms with Crippen LogP contribution in [-0.2, 0) is 12.7 Å². The molecule has 100 valence electrons. The fourth-order valence-electron chi connectivity index (χ4n) is 1.63. The van der Waals surface area contributed by atoms with Crippen LogP contribution in [-0.4, -0.2) is 0 Å². The van der Waals surface area contributed by atoms with Gasteiger partial charge in [-0.05, 0) is 39.7 Å². The third-order valence-electron chi connectivity index (χ3n) is 2.62. The topological polar surface area (TPSA) is 12.0 Å². The van der Waals surface area contributed by atoms with E-state index in [1.807, 2.05) is 30.3 Å². The number of anilines is 1. The number of hydrogen-bond donors (Lipinski definition) is 1. The highest BCUT2D eigenvalue weighted by Crippen LogP contribution is 2.34. The zero-order chi connectivity index (χ0) is 13.9. The second-order valence-corrected chi connectivity index (χ2v) is 4.89. The molecular formula is C14H11BrF3N. The molecule has 0 aliphatic rings. The van der Waals surface area contributed by atoms with E-state index in [-0.39, 0.29) is 0 Å². The van der Waals surface area contributed by atoms with E-state index in [0.717, 1.165) is 17.7 Å². The highest BCUT2D eigenvalue weighted by Gasteiger charge is 2.30. The Morgan fingerprint density at radius 2 is 1.68 bits per heavy atom. The van der Waals surface area contributed by atoms with Gasteiger partial charge >= 0.3 is 6.18 Å². The summed E-state index contributed by atoms with van der Waals surface area (Å²) >= 11 is 3.15. The molecule has 0 spiro atoms. The molecule has 2 aromatic carbocycles. The molecule has 5 heteroatoms. The number of benzene rings is 2. The van der Waals surface area contributed by atoms with E-state index in [0.29, 0.717) is 16.7 Å². The zero-order valence-electron chi connectivity index (χ0n) is 9.84. The number of alkyl halides is 3. The third-order valence-corrected chi connectivity index (χ3v) is 3.28. The van der Waals surface area contributed by atoms with Gasteiger partial charge in [0.05, 0.1) is 5.56 Å². The van der Waals surface area contributed by atoms with Crippen molar-refractivity contribution in [2.24, 2.45) is 0 Å². The lowest BCUT2D eigenvalue weighted by Gasteiger charge is -2.12. The normalized spacial score (nSPS) is 11.4. The van der Waals surface area contributed by atoms with Crippen molar-refractivity contribution in [3.63, 3.8) is 0 Å². The van der Waals surface area contributed by atoms with Crippen LogP contribution in [0.5, 0.6) is 0 Å². The molecule has 0 heterocycles. The lowest BCUT2D eigenvalue weighted by atomic mass is 10.2. The van der Waals surface area contributed by atoms with Crippen molar-refractivity contribution in [3.8, 4) is 0 Å². The predicted molar refractivity (Wildman–Crippen MR) is 72.9 cm³/mol. The molecule has 0 bridgehead atoms. The van der Waals surface area contributed by atoms with E-state index in [1.165, 1.54) is 6.07 Å². The standard InChI is InChI=1S/C14H11BrF3N/c15-12-8-11(14(16,17)18)6-7-13(12)19-9-10-4-2-1-3-5-10/h1-8,19H,9H2. The molecule has 1 N–H and O–H groups in total. The summed E-state index contributed by atoms with van der Waals surface area (Å²) < 4.78 is 37.9. The van der Waals surface area contributed by atoms with Crippen LogP contribution in [0.2, 0.25) is 0 Å².